The number of hydrogen-bond acceptors (Lipinski definition) is 5. The average Bonchev–Trinajstić information content (AvgIpc) is 3.09. The number of carbonyl (C=O) groups excluding carboxylic acids is 1. The van der Waals surface area contributed by atoms with Crippen LogP contribution in [0.15, 0.2) is 24.4 Å². The van der Waals surface area contributed by atoms with Crippen molar-refractivity contribution < 1.29 is 13.2 Å². The Labute approximate surface area is 130 Å². The lowest BCUT2D eigenvalue weighted by Crippen LogP contribution is -2.19. The van der Waals surface area contributed by atoms with Crippen molar-refractivity contribution in [2.75, 3.05) is 16.8 Å². The number of nitrogens with zero attached hydrogens (tertiary/aromatic N) is 2. The lowest BCUT2D eigenvalue weighted by atomic mass is 10.3. The van der Waals surface area contributed by atoms with Gasteiger partial charge < -0.3 is 5.32 Å². The molecule has 1 amide bonds. The molecular weight excluding hydrogens is 334 g/mol. The van der Waals surface area contributed by atoms with Gasteiger partial charge in [-0.05, 0) is 18.6 Å². The van der Waals surface area contributed by atoms with Crippen LogP contribution in [0, 0.1) is 0 Å². The van der Waals surface area contributed by atoms with Crippen LogP contribution >= 0.6 is 22.9 Å². The van der Waals surface area contributed by atoms with Gasteiger partial charge in [0.1, 0.15) is 5.82 Å². The first-order valence-electron chi connectivity index (χ1n) is 6.25. The highest BCUT2D eigenvalue weighted by Gasteiger charge is 2.31. The van der Waals surface area contributed by atoms with Gasteiger partial charge in [-0.2, -0.15) is 5.10 Å². The minimum Gasteiger partial charge on any atom is -0.306 e. The molecular formula is C12H12ClN3O3S2. The second-order valence-electron chi connectivity index (χ2n) is 4.78. The summed E-state index contributed by atoms with van der Waals surface area (Å²) in [6.45, 7) is 0. The molecule has 1 unspecified atom stereocenters. The zero-order valence-electron chi connectivity index (χ0n) is 10.8. The van der Waals surface area contributed by atoms with E-state index >= 15 is 0 Å². The fourth-order valence-corrected chi connectivity index (χ4v) is 4.92. The Balaban J connectivity index is 1.78. The van der Waals surface area contributed by atoms with E-state index in [1.807, 2.05) is 0 Å². The van der Waals surface area contributed by atoms with Gasteiger partial charge in [0.25, 0.3) is 5.91 Å². The summed E-state index contributed by atoms with van der Waals surface area (Å²) in [6.07, 6.45) is 2.06. The number of sulfone groups is 1. The number of aromatic nitrogens is 2. The highest BCUT2D eigenvalue weighted by atomic mass is 35.5. The molecule has 9 heteroatoms. The molecule has 1 aliphatic heterocycles. The third-order valence-corrected chi connectivity index (χ3v) is 6.24. The Bertz CT molecular complexity index is 781. The van der Waals surface area contributed by atoms with Gasteiger partial charge in [0, 0.05) is 6.07 Å². The van der Waals surface area contributed by atoms with E-state index in [1.54, 1.807) is 29.1 Å². The number of nitrogens with one attached hydrogen (secondary N) is 1. The fraction of sp³-hybridized carbons (Fsp3) is 0.333. The Morgan fingerprint density at radius 3 is 2.86 bits per heavy atom. The molecule has 0 aromatic carbocycles. The average molecular weight is 346 g/mol. The Morgan fingerprint density at radius 2 is 2.24 bits per heavy atom. The molecule has 6 nitrogen and oxygen atoms in total. The van der Waals surface area contributed by atoms with Crippen molar-refractivity contribution in [3.63, 3.8) is 0 Å². The molecule has 0 radical (unpaired) electrons. The van der Waals surface area contributed by atoms with E-state index in [1.165, 1.54) is 11.3 Å². The first-order valence-corrected chi connectivity index (χ1v) is 9.27. The van der Waals surface area contributed by atoms with E-state index in [0.717, 1.165) is 0 Å². The molecule has 3 heterocycles. The first kappa shape index (κ1) is 14.6. The monoisotopic (exact) mass is 345 g/mol. The molecule has 1 aliphatic rings. The van der Waals surface area contributed by atoms with Crippen molar-refractivity contribution in [2.24, 2.45) is 0 Å². The molecule has 0 spiro atoms. The summed E-state index contributed by atoms with van der Waals surface area (Å²) >= 11 is 6.99. The first-order chi connectivity index (χ1) is 9.94. The SMILES string of the molecule is O=C(Nc1ccnn1C1CCS(=O)(=O)C1)c1ccc(Cl)s1. The van der Waals surface area contributed by atoms with Crippen molar-refractivity contribution >= 4 is 44.5 Å². The van der Waals surface area contributed by atoms with Crippen LogP contribution < -0.4 is 5.32 Å². The number of hydrogen-bond donors (Lipinski definition) is 1. The number of carbonyl (C=O) groups is 1. The van der Waals surface area contributed by atoms with Gasteiger partial charge in [-0.3, -0.25) is 4.79 Å². The third-order valence-electron chi connectivity index (χ3n) is 3.26. The van der Waals surface area contributed by atoms with Crippen LogP contribution in [0.25, 0.3) is 0 Å². The van der Waals surface area contributed by atoms with Gasteiger partial charge in [0.15, 0.2) is 9.84 Å². The standard InChI is InChI=1S/C12H12ClN3O3S2/c13-10-2-1-9(20-10)12(17)15-11-3-5-14-16(11)8-4-6-21(18,19)7-8/h1-3,5,8H,4,6-7H2,(H,15,17). The number of thiophene rings is 1. The Hall–Kier alpha value is -1.38. The third kappa shape index (κ3) is 3.12. The van der Waals surface area contributed by atoms with Crippen LogP contribution in [0.5, 0.6) is 0 Å². The molecule has 0 aliphatic carbocycles. The summed E-state index contributed by atoms with van der Waals surface area (Å²) in [5, 5.41) is 6.87. The molecule has 2 aromatic rings. The van der Waals surface area contributed by atoms with Gasteiger partial charge in [-0.25, -0.2) is 13.1 Å². The topological polar surface area (TPSA) is 81.1 Å². The van der Waals surface area contributed by atoms with Crippen LogP contribution in [-0.2, 0) is 9.84 Å². The maximum atomic E-state index is 12.1. The van der Waals surface area contributed by atoms with Gasteiger partial charge in [0.05, 0.1) is 33.0 Å². The maximum Gasteiger partial charge on any atom is 0.266 e. The lowest BCUT2D eigenvalue weighted by Gasteiger charge is -2.13. The quantitative estimate of drug-likeness (QED) is 0.924. The van der Waals surface area contributed by atoms with Crippen LogP contribution in [0.3, 0.4) is 0 Å². The van der Waals surface area contributed by atoms with Gasteiger partial charge in [0.2, 0.25) is 0 Å². The maximum absolute atomic E-state index is 12.1. The highest BCUT2D eigenvalue weighted by molar-refractivity contribution is 7.91. The molecule has 1 saturated heterocycles. The molecule has 0 bridgehead atoms. The van der Waals surface area contributed by atoms with Crippen molar-refractivity contribution in [3.8, 4) is 0 Å². The van der Waals surface area contributed by atoms with Gasteiger partial charge in [-0.15, -0.1) is 11.3 Å². The molecule has 112 valence electrons. The summed E-state index contributed by atoms with van der Waals surface area (Å²) in [6, 6.07) is 4.72. The van der Waals surface area contributed by atoms with E-state index in [9.17, 15) is 13.2 Å². The van der Waals surface area contributed by atoms with Crippen LogP contribution in [0.2, 0.25) is 4.34 Å². The molecule has 3 rings (SSSR count). The Kier molecular flexibility index (Phi) is 3.76. The zero-order valence-corrected chi connectivity index (χ0v) is 13.2. The van der Waals surface area contributed by atoms with E-state index in [4.69, 9.17) is 11.6 Å². The number of rotatable bonds is 3. The van der Waals surface area contributed by atoms with E-state index in [2.05, 4.69) is 10.4 Å². The summed E-state index contributed by atoms with van der Waals surface area (Å²) in [5.41, 5.74) is 0. The molecule has 2 aromatic heterocycles. The molecule has 0 saturated carbocycles. The minimum absolute atomic E-state index is 0.0579. The van der Waals surface area contributed by atoms with Crippen LogP contribution in [0.1, 0.15) is 22.1 Å². The van der Waals surface area contributed by atoms with Crippen molar-refractivity contribution in [2.45, 2.75) is 12.5 Å². The predicted octanol–water partition coefficient (Wildman–Crippen LogP) is 2.21. The minimum atomic E-state index is -3.00. The smallest absolute Gasteiger partial charge is 0.266 e. The summed E-state index contributed by atoms with van der Waals surface area (Å²) in [4.78, 5) is 12.6. The van der Waals surface area contributed by atoms with Gasteiger partial charge >= 0.3 is 0 Å². The lowest BCUT2D eigenvalue weighted by molar-refractivity contribution is 0.102. The van der Waals surface area contributed by atoms with Crippen LogP contribution in [0.4, 0.5) is 5.82 Å². The highest BCUT2D eigenvalue weighted by Crippen LogP contribution is 2.27. The summed E-state index contributed by atoms with van der Waals surface area (Å²) < 4.78 is 25.2. The fourth-order valence-electron chi connectivity index (χ4n) is 2.29. The summed E-state index contributed by atoms with van der Waals surface area (Å²) in [5.74, 6) is 0.425. The molecule has 21 heavy (non-hydrogen) atoms. The van der Waals surface area contributed by atoms with Gasteiger partial charge in [-0.1, -0.05) is 11.6 Å². The van der Waals surface area contributed by atoms with E-state index < -0.39 is 9.84 Å². The number of anilines is 1. The number of amides is 1. The number of halogens is 1. The van der Waals surface area contributed by atoms with Crippen molar-refractivity contribution in [1.82, 2.24) is 9.78 Å². The summed E-state index contributed by atoms with van der Waals surface area (Å²) in [7, 11) is -3.00. The second-order valence-corrected chi connectivity index (χ2v) is 8.72. The zero-order chi connectivity index (χ0) is 15.0. The largest absolute Gasteiger partial charge is 0.306 e. The predicted molar refractivity (Wildman–Crippen MR) is 81.8 cm³/mol. The van der Waals surface area contributed by atoms with Crippen LogP contribution in [-0.4, -0.2) is 35.6 Å². The van der Waals surface area contributed by atoms with E-state index in [0.29, 0.717) is 21.5 Å². The molecule has 1 atom stereocenters. The van der Waals surface area contributed by atoms with Crippen molar-refractivity contribution in [3.05, 3.63) is 33.6 Å². The van der Waals surface area contributed by atoms with E-state index in [-0.39, 0.29) is 23.5 Å². The molecule has 1 N–H and O–H groups in total. The Morgan fingerprint density at radius 1 is 1.43 bits per heavy atom. The van der Waals surface area contributed by atoms with Crippen molar-refractivity contribution in [1.29, 1.82) is 0 Å². The molecule has 1 fully saturated rings. The normalized spacial score (nSPS) is 20.5. The second kappa shape index (κ2) is 5.43.